The summed E-state index contributed by atoms with van der Waals surface area (Å²) in [6.07, 6.45) is 5.55. The van der Waals surface area contributed by atoms with Gasteiger partial charge in [0.25, 0.3) is 0 Å². The largest absolute Gasteiger partial charge is 0.396 e. The van der Waals surface area contributed by atoms with E-state index in [0.717, 1.165) is 19.3 Å². The highest BCUT2D eigenvalue weighted by Crippen LogP contribution is 2.37. The number of likely N-dealkylation sites (N-methyl/N-ethyl adjacent to an activating group) is 1. The molecule has 0 aromatic heterocycles. The maximum Gasteiger partial charge on any atom is 0.234 e. The molecule has 0 heterocycles. The average molecular weight is 240 g/mol. The van der Waals surface area contributed by atoms with Crippen molar-refractivity contribution >= 4 is 5.91 Å². The molecule has 2 aliphatic carbocycles. The molecular formula is C13H24N2O2. The second-order valence-corrected chi connectivity index (χ2v) is 5.97. The van der Waals surface area contributed by atoms with Gasteiger partial charge in [-0.3, -0.25) is 9.69 Å². The van der Waals surface area contributed by atoms with Crippen LogP contribution in [0.15, 0.2) is 0 Å². The van der Waals surface area contributed by atoms with Crippen LogP contribution in [0.1, 0.15) is 39.0 Å². The molecule has 2 fully saturated rings. The molecule has 0 aliphatic heterocycles. The van der Waals surface area contributed by atoms with Crippen LogP contribution in [0.2, 0.25) is 0 Å². The predicted octanol–water partition coefficient (Wildman–Crippen LogP) is 0.748. The topological polar surface area (TPSA) is 52.6 Å². The number of aliphatic hydroxyl groups excluding tert-OH is 1. The Morgan fingerprint density at radius 3 is 2.76 bits per heavy atom. The van der Waals surface area contributed by atoms with Crippen LogP contribution in [0, 0.1) is 5.41 Å². The summed E-state index contributed by atoms with van der Waals surface area (Å²) in [5.41, 5.74) is -0.117. The number of amides is 1. The van der Waals surface area contributed by atoms with Crippen LogP contribution in [-0.2, 0) is 4.79 Å². The van der Waals surface area contributed by atoms with E-state index in [1.54, 1.807) is 0 Å². The molecule has 2 rings (SSSR count). The van der Waals surface area contributed by atoms with Gasteiger partial charge in [0.05, 0.1) is 13.2 Å². The number of hydrogen-bond donors (Lipinski definition) is 2. The molecule has 4 nitrogen and oxygen atoms in total. The summed E-state index contributed by atoms with van der Waals surface area (Å²) >= 11 is 0. The lowest BCUT2D eigenvalue weighted by Crippen LogP contribution is -2.47. The summed E-state index contributed by atoms with van der Waals surface area (Å²) in [5.74, 6) is 0.103. The highest BCUT2D eigenvalue weighted by Gasteiger charge is 2.39. The first-order valence-electron chi connectivity index (χ1n) is 6.65. The average Bonchev–Trinajstić information content (AvgIpc) is 3.06. The summed E-state index contributed by atoms with van der Waals surface area (Å²) in [6.45, 7) is 2.72. The van der Waals surface area contributed by atoms with Gasteiger partial charge in [0.1, 0.15) is 0 Å². The molecule has 98 valence electrons. The third kappa shape index (κ3) is 2.99. The number of carbonyl (C=O) groups excluding carboxylic acids is 1. The zero-order valence-electron chi connectivity index (χ0n) is 10.9. The molecule has 2 saturated carbocycles. The van der Waals surface area contributed by atoms with Gasteiger partial charge in [-0.05, 0) is 32.7 Å². The molecule has 0 aromatic rings. The lowest BCUT2D eigenvalue weighted by atomic mass is 9.86. The van der Waals surface area contributed by atoms with E-state index in [1.165, 1.54) is 12.8 Å². The lowest BCUT2D eigenvalue weighted by Gasteiger charge is -2.30. The fourth-order valence-corrected chi connectivity index (χ4v) is 2.78. The van der Waals surface area contributed by atoms with Gasteiger partial charge in [0, 0.05) is 17.5 Å². The molecule has 0 saturated heterocycles. The summed E-state index contributed by atoms with van der Waals surface area (Å²) in [4.78, 5) is 14.0. The Hall–Kier alpha value is -0.610. The summed E-state index contributed by atoms with van der Waals surface area (Å²) in [5, 5.41) is 12.5. The zero-order valence-corrected chi connectivity index (χ0v) is 10.9. The molecule has 1 amide bonds. The van der Waals surface area contributed by atoms with Crippen molar-refractivity contribution < 1.29 is 9.90 Å². The van der Waals surface area contributed by atoms with Crippen LogP contribution < -0.4 is 5.32 Å². The number of hydrogen-bond acceptors (Lipinski definition) is 3. The van der Waals surface area contributed by atoms with Gasteiger partial charge in [0.2, 0.25) is 5.91 Å². The van der Waals surface area contributed by atoms with Crippen molar-refractivity contribution in [2.45, 2.75) is 51.1 Å². The molecule has 0 spiro atoms. The van der Waals surface area contributed by atoms with E-state index in [2.05, 4.69) is 17.1 Å². The smallest absolute Gasteiger partial charge is 0.234 e. The minimum atomic E-state index is -0.117. The SMILES string of the molecule is CN(CC(=O)NC1CCCC1(C)CO)C1CC1. The minimum absolute atomic E-state index is 0.103. The highest BCUT2D eigenvalue weighted by molar-refractivity contribution is 5.78. The van der Waals surface area contributed by atoms with Crippen molar-refractivity contribution in [1.82, 2.24) is 10.2 Å². The second-order valence-electron chi connectivity index (χ2n) is 5.97. The molecule has 0 radical (unpaired) electrons. The van der Waals surface area contributed by atoms with Crippen molar-refractivity contribution in [3.63, 3.8) is 0 Å². The van der Waals surface area contributed by atoms with E-state index in [0.29, 0.717) is 12.6 Å². The summed E-state index contributed by atoms with van der Waals surface area (Å²) < 4.78 is 0. The second kappa shape index (κ2) is 4.94. The standard InChI is InChI=1S/C13H24N2O2/c1-13(9-16)7-3-4-11(13)14-12(17)8-15(2)10-5-6-10/h10-11,16H,3-9H2,1-2H3,(H,14,17). The summed E-state index contributed by atoms with van der Waals surface area (Å²) in [6, 6.07) is 0.765. The quantitative estimate of drug-likeness (QED) is 0.745. The number of rotatable bonds is 5. The van der Waals surface area contributed by atoms with E-state index >= 15 is 0 Å². The monoisotopic (exact) mass is 240 g/mol. The Kier molecular flexibility index (Phi) is 3.73. The normalized spacial score (nSPS) is 33.1. The fourth-order valence-electron chi connectivity index (χ4n) is 2.78. The molecule has 0 bridgehead atoms. The Morgan fingerprint density at radius 1 is 1.47 bits per heavy atom. The van der Waals surface area contributed by atoms with E-state index in [-0.39, 0.29) is 24.0 Å². The Labute approximate surface area is 103 Å². The van der Waals surface area contributed by atoms with Crippen LogP contribution in [0.3, 0.4) is 0 Å². The van der Waals surface area contributed by atoms with Crippen molar-refractivity contribution in [3.05, 3.63) is 0 Å². The van der Waals surface area contributed by atoms with Crippen LogP contribution in [0.25, 0.3) is 0 Å². The number of nitrogens with zero attached hydrogens (tertiary/aromatic N) is 1. The highest BCUT2D eigenvalue weighted by atomic mass is 16.3. The van der Waals surface area contributed by atoms with Gasteiger partial charge in [0.15, 0.2) is 0 Å². The first-order chi connectivity index (χ1) is 8.05. The van der Waals surface area contributed by atoms with Gasteiger partial charge in [-0.1, -0.05) is 13.3 Å². The van der Waals surface area contributed by atoms with Crippen LogP contribution >= 0.6 is 0 Å². The van der Waals surface area contributed by atoms with Gasteiger partial charge in [-0.2, -0.15) is 0 Å². The fraction of sp³-hybridized carbons (Fsp3) is 0.923. The number of carbonyl (C=O) groups is 1. The van der Waals surface area contributed by atoms with Crippen molar-refractivity contribution in [1.29, 1.82) is 0 Å². The lowest BCUT2D eigenvalue weighted by molar-refractivity contribution is -0.123. The first kappa shape index (κ1) is 12.8. The zero-order chi connectivity index (χ0) is 12.5. The van der Waals surface area contributed by atoms with Crippen LogP contribution in [0.5, 0.6) is 0 Å². The van der Waals surface area contributed by atoms with Gasteiger partial charge < -0.3 is 10.4 Å². The molecule has 4 heteroatoms. The first-order valence-corrected chi connectivity index (χ1v) is 6.65. The van der Waals surface area contributed by atoms with Crippen molar-refractivity contribution in [3.8, 4) is 0 Å². The van der Waals surface area contributed by atoms with Crippen LogP contribution in [0.4, 0.5) is 0 Å². The number of aliphatic hydroxyl groups is 1. The molecular weight excluding hydrogens is 216 g/mol. The summed E-state index contributed by atoms with van der Waals surface area (Å²) in [7, 11) is 2.01. The predicted molar refractivity (Wildman–Crippen MR) is 66.6 cm³/mol. The Bertz CT molecular complexity index is 291. The van der Waals surface area contributed by atoms with Crippen molar-refractivity contribution in [2.75, 3.05) is 20.2 Å². The van der Waals surface area contributed by atoms with Gasteiger partial charge >= 0.3 is 0 Å². The van der Waals surface area contributed by atoms with Gasteiger partial charge in [-0.25, -0.2) is 0 Å². The maximum absolute atomic E-state index is 11.9. The molecule has 0 aromatic carbocycles. The third-order valence-electron chi connectivity index (χ3n) is 4.34. The molecule has 2 unspecified atom stereocenters. The third-order valence-corrected chi connectivity index (χ3v) is 4.34. The van der Waals surface area contributed by atoms with E-state index in [1.807, 2.05) is 7.05 Å². The molecule has 2 aliphatic rings. The van der Waals surface area contributed by atoms with Crippen molar-refractivity contribution in [2.24, 2.45) is 5.41 Å². The van der Waals surface area contributed by atoms with Crippen LogP contribution in [-0.4, -0.2) is 48.2 Å². The molecule has 2 N–H and O–H groups in total. The van der Waals surface area contributed by atoms with E-state index in [9.17, 15) is 9.90 Å². The van der Waals surface area contributed by atoms with E-state index < -0.39 is 0 Å². The Morgan fingerprint density at radius 2 is 2.18 bits per heavy atom. The van der Waals surface area contributed by atoms with Gasteiger partial charge in [-0.15, -0.1) is 0 Å². The molecule has 2 atom stereocenters. The maximum atomic E-state index is 11.9. The van der Waals surface area contributed by atoms with E-state index in [4.69, 9.17) is 0 Å². The number of nitrogens with one attached hydrogen (secondary N) is 1. The minimum Gasteiger partial charge on any atom is -0.396 e. The Balaban J connectivity index is 1.81. The molecule has 17 heavy (non-hydrogen) atoms.